The van der Waals surface area contributed by atoms with Gasteiger partial charge in [0.2, 0.25) is 0 Å². The van der Waals surface area contributed by atoms with Gasteiger partial charge in [-0.15, -0.1) is 0 Å². The van der Waals surface area contributed by atoms with Crippen LogP contribution in [0.5, 0.6) is 0 Å². The zero-order valence-corrected chi connectivity index (χ0v) is 6.92. The van der Waals surface area contributed by atoms with Crippen LogP contribution in [0.1, 0.15) is 33.6 Å². The first-order valence-electron chi connectivity index (χ1n) is 3.78. The SMILES string of the molecule is CCC[C@@H](C(C)=O)[C@@H](C)O. The van der Waals surface area contributed by atoms with Gasteiger partial charge < -0.3 is 5.11 Å². The lowest BCUT2D eigenvalue weighted by Gasteiger charge is -2.14. The summed E-state index contributed by atoms with van der Waals surface area (Å²) in [5.41, 5.74) is 0. The van der Waals surface area contributed by atoms with Crippen molar-refractivity contribution in [3.63, 3.8) is 0 Å². The molecule has 0 fully saturated rings. The van der Waals surface area contributed by atoms with E-state index in [-0.39, 0.29) is 11.7 Å². The van der Waals surface area contributed by atoms with Crippen LogP contribution in [-0.4, -0.2) is 17.0 Å². The standard InChI is InChI=1S/C8H16O2/c1-4-5-8(6(2)9)7(3)10/h6,8-9H,4-5H2,1-3H3/t6-,8-/m1/s1. The van der Waals surface area contributed by atoms with Crippen LogP contribution in [0.4, 0.5) is 0 Å². The molecule has 0 aliphatic rings. The molecular formula is C8H16O2. The summed E-state index contributed by atoms with van der Waals surface area (Å²) in [5.74, 6) is -0.0538. The zero-order valence-electron chi connectivity index (χ0n) is 6.92. The van der Waals surface area contributed by atoms with Crippen molar-refractivity contribution in [3.05, 3.63) is 0 Å². The van der Waals surface area contributed by atoms with Crippen LogP contribution < -0.4 is 0 Å². The third-order valence-corrected chi connectivity index (χ3v) is 1.70. The first kappa shape index (κ1) is 9.63. The fourth-order valence-electron chi connectivity index (χ4n) is 1.10. The van der Waals surface area contributed by atoms with Crippen molar-refractivity contribution in [2.24, 2.45) is 5.92 Å². The van der Waals surface area contributed by atoms with E-state index in [0.29, 0.717) is 0 Å². The Morgan fingerprint density at radius 2 is 2.10 bits per heavy atom. The maximum absolute atomic E-state index is 10.8. The lowest BCUT2D eigenvalue weighted by Crippen LogP contribution is -2.23. The number of carbonyl (C=O) groups is 1. The molecule has 0 rings (SSSR count). The van der Waals surface area contributed by atoms with Crippen LogP contribution in [0.25, 0.3) is 0 Å². The maximum atomic E-state index is 10.8. The van der Waals surface area contributed by atoms with Gasteiger partial charge in [-0.1, -0.05) is 13.3 Å². The molecule has 0 unspecified atom stereocenters. The Kier molecular flexibility index (Phi) is 4.28. The van der Waals surface area contributed by atoms with Gasteiger partial charge in [-0.3, -0.25) is 4.79 Å². The van der Waals surface area contributed by atoms with E-state index < -0.39 is 6.10 Å². The molecular weight excluding hydrogens is 128 g/mol. The van der Waals surface area contributed by atoms with Crippen LogP contribution in [0.3, 0.4) is 0 Å². The Morgan fingerprint density at radius 1 is 1.60 bits per heavy atom. The molecule has 0 aromatic heterocycles. The number of Topliss-reactive ketones (excluding diaryl/α,β-unsaturated/α-hetero) is 1. The minimum Gasteiger partial charge on any atom is -0.393 e. The average Bonchev–Trinajstić information content (AvgIpc) is 1.81. The van der Waals surface area contributed by atoms with Gasteiger partial charge in [-0.05, 0) is 20.3 Å². The molecule has 0 aromatic rings. The van der Waals surface area contributed by atoms with E-state index in [1.807, 2.05) is 6.92 Å². The normalized spacial score (nSPS) is 16.4. The van der Waals surface area contributed by atoms with Crippen LogP contribution in [0.15, 0.2) is 0 Å². The van der Waals surface area contributed by atoms with E-state index in [1.54, 1.807) is 6.92 Å². The van der Waals surface area contributed by atoms with Crippen molar-refractivity contribution < 1.29 is 9.90 Å². The van der Waals surface area contributed by atoms with Gasteiger partial charge in [-0.2, -0.15) is 0 Å². The lowest BCUT2D eigenvalue weighted by atomic mass is 9.94. The van der Waals surface area contributed by atoms with Crippen LogP contribution in [-0.2, 0) is 4.79 Å². The molecule has 2 heteroatoms. The molecule has 0 aliphatic carbocycles. The topological polar surface area (TPSA) is 37.3 Å². The Labute approximate surface area is 62.2 Å². The molecule has 2 atom stereocenters. The number of hydrogen-bond acceptors (Lipinski definition) is 2. The van der Waals surface area contributed by atoms with Gasteiger partial charge in [0.05, 0.1) is 6.10 Å². The van der Waals surface area contributed by atoms with Crippen molar-refractivity contribution in [1.29, 1.82) is 0 Å². The fourth-order valence-corrected chi connectivity index (χ4v) is 1.10. The molecule has 0 radical (unpaired) electrons. The molecule has 0 aliphatic heterocycles. The second-order valence-electron chi connectivity index (χ2n) is 2.75. The summed E-state index contributed by atoms with van der Waals surface area (Å²) in [6.07, 6.45) is 1.26. The largest absolute Gasteiger partial charge is 0.393 e. The summed E-state index contributed by atoms with van der Waals surface area (Å²) < 4.78 is 0. The van der Waals surface area contributed by atoms with E-state index in [2.05, 4.69) is 0 Å². The molecule has 0 spiro atoms. The highest BCUT2D eigenvalue weighted by atomic mass is 16.3. The fraction of sp³-hybridized carbons (Fsp3) is 0.875. The summed E-state index contributed by atoms with van der Waals surface area (Å²) in [5, 5.41) is 9.09. The summed E-state index contributed by atoms with van der Waals surface area (Å²) >= 11 is 0. The first-order chi connectivity index (χ1) is 4.59. The van der Waals surface area contributed by atoms with E-state index in [0.717, 1.165) is 12.8 Å². The Balaban J connectivity index is 3.85. The smallest absolute Gasteiger partial charge is 0.135 e. The molecule has 2 nitrogen and oxygen atoms in total. The van der Waals surface area contributed by atoms with Crippen LogP contribution in [0.2, 0.25) is 0 Å². The van der Waals surface area contributed by atoms with E-state index in [1.165, 1.54) is 6.92 Å². The predicted molar refractivity (Wildman–Crippen MR) is 40.8 cm³/mol. The van der Waals surface area contributed by atoms with Crippen molar-refractivity contribution in [1.82, 2.24) is 0 Å². The summed E-state index contributed by atoms with van der Waals surface area (Å²) in [6, 6.07) is 0. The van der Waals surface area contributed by atoms with E-state index in [9.17, 15) is 4.79 Å². The third kappa shape index (κ3) is 2.97. The number of hydrogen-bond donors (Lipinski definition) is 1. The number of ketones is 1. The molecule has 0 bridgehead atoms. The molecule has 60 valence electrons. The summed E-state index contributed by atoms with van der Waals surface area (Å²) in [4.78, 5) is 10.8. The average molecular weight is 144 g/mol. The Bertz CT molecular complexity index is 108. The van der Waals surface area contributed by atoms with Crippen molar-refractivity contribution in [2.45, 2.75) is 39.7 Å². The molecule has 0 aromatic carbocycles. The van der Waals surface area contributed by atoms with E-state index in [4.69, 9.17) is 5.11 Å². The van der Waals surface area contributed by atoms with Crippen molar-refractivity contribution >= 4 is 5.78 Å². The van der Waals surface area contributed by atoms with Crippen LogP contribution in [0, 0.1) is 5.92 Å². The van der Waals surface area contributed by atoms with Gasteiger partial charge in [0.1, 0.15) is 5.78 Å². The number of rotatable bonds is 4. The zero-order chi connectivity index (χ0) is 8.15. The first-order valence-corrected chi connectivity index (χ1v) is 3.78. The molecule has 0 saturated heterocycles. The lowest BCUT2D eigenvalue weighted by molar-refractivity contribution is -0.124. The maximum Gasteiger partial charge on any atom is 0.135 e. The minimum atomic E-state index is -0.488. The molecule has 10 heavy (non-hydrogen) atoms. The number of aliphatic hydroxyl groups excluding tert-OH is 1. The van der Waals surface area contributed by atoms with Crippen molar-refractivity contribution in [2.75, 3.05) is 0 Å². The number of carbonyl (C=O) groups excluding carboxylic acids is 1. The summed E-state index contributed by atoms with van der Waals surface area (Å²) in [7, 11) is 0. The van der Waals surface area contributed by atoms with Gasteiger partial charge >= 0.3 is 0 Å². The molecule has 1 N–H and O–H groups in total. The highest BCUT2D eigenvalue weighted by Gasteiger charge is 2.17. The predicted octanol–water partition coefficient (Wildman–Crippen LogP) is 1.37. The van der Waals surface area contributed by atoms with Gasteiger partial charge in [0.15, 0.2) is 0 Å². The van der Waals surface area contributed by atoms with Crippen LogP contribution >= 0.6 is 0 Å². The quantitative estimate of drug-likeness (QED) is 0.647. The second kappa shape index (κ2) is 4.45. The van der Waals surface area contributed by atoms with Crippen molar-refractivity contribution in [3.8, 4) is 0 Å². The highest BCUT2D eigenvalue weighted by Crippen LogP contribution is 2.11. The Morgan fingerprint density at radius 3 is 2.20 bits per heavy atom. The third-order valence-electron chi connectivity index (χ3n) is 1.70. The van der Waals surface area contributed by atoms with Gasteiger partial charge in [0.25, 0.3) is 0 Å². The molecule has 0 amide bonds. The highest BCUT2D eigenvalue weighted by molar-refractivity contribution is 5.78. The minimum absolute atomic E-state index is 0.0943. The Hall–Kier alpha value is -0.370. The summed E-state index contributed by atoms with van der Waals surface area (Å²) in [6.45, 7) is 5.22. The number of aliphatic hydroxyl groups is 1. The van der Waals surface area contributed by atoms with Gasteiger partial charge in [-0.25, -0.2) is 0 Å². The monoisotopic (exact) mass is 144 g/mol. The molecule has 0 saturated carbocycles. The van der Waals surface area contributed by atoms with Gasteiger partial charge in [0, 0.05) is 5.92 Å². The van der Waals surface area contributed by atoms with E-state index >= 15 is 0 Å². The second-order valence-corrected chi connectivity index (χ2v) is 2.75. The molecule has 0 heterocycles.